The highest BCUT2D eigenvalue weighted by Crippen LogP contribution is 2.33. The number of carbonyl (C=O) groups is 1. The number of ether oxygens (including phenoxy) is 7. The van der Waals surface area contributed by atoms with E-state index in [0.717, 1.165) is 6.08 Å². The lowest BCUT2D eigenvalue weighted by Gasteiger charge is -2.47. The third kappa shape index (κ3) is 9.58. The fourth-order valence-corrected chi connectivity index (χ4v) is 6.08. The standard InChI is InChI=1S/C35H46O19/c1-14-24(41)26(43)28(45)33(50-14)49-13-22-31(53-23(40)8-5-16-3-6-18(36)20(38)11-16)32(54-35-29(46)27(44)25(42)15(2)51-35)30(47)34(52-22)48-10-9-17-4-7-19(37)21(39)12-17/h3-8,11-12,14-15,22,24-39,41-47H,9-10,13H2,1-2H3/b8-5-/t14-,15-,22+,24-,25-,26+,27+,28+,29+,30+,31+,32+,33+,34+,35-/m0/s1. The smallest absolute Gasteiger partial charge is 0.331 e. The Kier molecular flexibility index (Phi) is 13.7. The van der Waals surface area contributed by atoms with Crippen molar-refractivity contribution in [2.75, 3.05) is 13.2 Å². The summed E-state index contributed by atoms with van der Waals surface area (Å²) in [5, 5.41) is 113. The number of carbonyl (C=O) groups excluding carboxylic acids is 1. The lowest BCUT2D eigenvalue weighted by molar-refractivity contribution is -0.363. The molecule has 2 aromatic rings. The van der Waals surface area contributed by atoms with Crippen molar-refractivity contribution in [3.63, 3.8) is 0 Å². The molecule has 3 saturated heterocycles. The first-order valence-corrected chi connectivity index (χ1v) is 17.1. The van der Waals surface area contributed by atoms with E-state index >= 15 is 0 Å². The van der Waals surface area contributed by atoms with Crippen molar-refractivity contribution in [3.05, 3.63) is 53.6 Å². The van der Waals surface area contributed by atoms with Crippen LogP contribution in [0.2, 0.25) is 0 Å². The van der Waals surface area contributed by atoms with Gasteiger partial charge < -0.3 is 89.3 Å². The fourth-order valence-electron chi connectivity index (χ4n) is 6.08. The van der Waals surface area contributed by atoms with Crippen LogP contribution >= 0.6 is 0 Å². The van der Waals surface area contributed by atoms with Crippen molar-refractivity contribution >= 4 is 12.0 Å². The normalized spacial score (nSPS) is 37.3. The molecule has 3 fully saturated rings. The Labute approximate surface area is 308 Å². The molecule has 5 rings (SSSR count). The summed E-state index contributed by atoms with van der Waals surface area (Å²) in [4.78, 5) is 13.3. The number of hydrogen-bond acceptors (Lipinski definition) is 19. The van der Waals surface area contributed by atoms with Crippen LogP contribution in [0.25, 0.3) is 6.08 Å². The average molecular weight is 771 g/mol. The number of hydrogen-bond donors (Lipinski definition) is 11. The van der Waals surface area contributed by atoms with Gasteiger partial charge in [-0.05, 0) is 61.7 Å². The van der Waals surface area contributed by atoms with E-state index in [1.54, 1.807) is 0 Å². The molecule has 0 aromatic heterocycles. The highest BCUT2D eigenvalue weighted by molar-refractivity contribution is 5.87. The number of aliphatic hydroxyl groups is 7. The summed E-state index contributed by atoms with van der Waals surface area (Å²) in [6.45, 7) is 2.06. The topological polar surface area (TPSA) is 304 Å². The van der Waals surface area contributed by atoms with Gasteiger partial charge in [0.15, 0.2) is 48.0 Å². The van der Waals surface area contributed by atoms with Crippen LogP contribution < -0.4 is 0 Å². The van der Waals surface area contributed by atoms with E-state index in [0.29, 0.717) is 5.56 Å². The molecule has 0 amide bonds. The van der Waals surface area contributed by atoms with Gasteiger partial charge >= 0.3 is 5.97 Å². The van der Waals surface area contributed by atoms with Gasteiger partial charge in [0.2, 0.25) is 0 Å². The van der Waals surface area contributed by atoms with Gasteiger partial charge in [-0.3, -0.25) is 0 Å². The summed E-state index contributed by atoms with van der Waals surface area (Å²) in [5.41, 5.74) is 0.811. The Morgan fingerprint density at radius 1 is 0.648 bits per heavy atom. The first kappa shape index (κ1) is 41.5. The molecule has 11 N–H and O–H groups in total. The van der Waals surface area contributed by atoms with Crippen molar-refractivity contribution in [2.24, 2.45) is 0 Å². The molecule has 0 radical (unpaired) electrons. The maximum Gasteiger partial charge on any atom is 0.331 e. The van der Waals surface area contributed by atoms with Gasteiger partial charge in [-0.15, -0.1) is 0 Å². The summed E-state index contributed by atoms with van der Waals surface area (Å²) in [5.74, 6) is -2.62. The van der Waals surface area contributed by atoms with Gasteiger partial charge in [0.05, 0.1) is 25.4 Å². The van der Waals surface area contributed by atoms with E-state index in [2.05, 4.69) is 0 Å². The van der Waals surface area contributed by atoms with Crippen LogP contribution in [0.4, 0.5) is 0 Å². The van der Waals surface area contributed by atoms with Crippen LogP contribution in [0.5, 0.6) is 23.0 Å². The van der Waals surface area contributed by atoms with Crippen LogP contribution in [-0.2, 0) is 44.4 Å². The Balaban J connectivity index is 1.43. The quantitative estimate of drug-likeness (QED) is 0.0622. The number of esters is 1. The Bertz CT molecular complexity index is 1590. The third-order valence-corrected chi connectivity index (χ3v) is 9.32. The zero-order valence-electron chi connectivity index (χ0n) is 29.1. The number of benzene rings is 2. The van der Waals surface area contributed by atoms with E-state index < -0.39 is 116 Å². The Hall–Kier alpha value is -3.67. The molecule has 3 aliphatic rings. The van der Waals surface area contributed by atoms with Crippen molar-refractivity contribution in [2.45, 2.75) is 112 Å². The van der Waals surface area contributed by atoms with Crippen LogP contribution in [-0.4, -0.2) is 167 Å². The maximum atomic E-state index is 13.3. The number of rotatable bonds is 12. The minimum absolute atomic E-state index is 0.134. The largest absolute Gasteiger partial charge is 0.504 e. The second-order valence-corrected chi connectivity index (χ2v) is 13.3. The SMILES string of the molecule is C[C@@H]1O[C@@H](OC[C@H]2O[C@@H](OCCc3ccc(O)c(O)c3)[C@H](O)[C@@H](O[C@@H]3O[C@@H](C)[C@H](O)[C@@H](O)[C@H]3O)[C@@H]2OC(=O)/C=C\c2ccc(O)c(O)c2)[C@H](O)[C@H](O)[C@H]1O. The minimum atomic E-state index is -1.86. The van der Waals surface area contributed by atoms with Crippen molar-refractivity contribution in [1.29, 1.82) is 0 Å². The van der Waals surface area contributed by atoms with Crippen molar-refractivity contribution < 1.29 is 94.1 Å². The molecule has 54 heavy (non-hydrogen) atoms. The summed E-state index contributed by atoms with van der Waals surface area (Å²) >= 11 is 0. The van der Waals surface area contributed by atoms with E-state index in [9.17, 15) is 61.0 Å². The molecule has 2 aromatic carbocycles. The van der Waals surface area contributed by atoms with Gasteiger partial charge in [-0.1, -0.05) is 12.1 Å². The predicted octanol–water partition coefficient (Wildman–Crippen LogP) is -2.16. The Morgan fingerprint density at radius 3 is 1.85 bits per heavy atom. The highest BCUT2D eigenvalue weighted by atomic mass is 16.8. The lowest BCUT2D eigenvalue weighted by atomic mass is 9.96. The van der Waals surface area contributed by atoms with Gasteiger partial charge in [-0.2, -0.15) is 0 Å². The molecule has 0 bridgehead atoms. The molecule has 3 aliphatic heterocycles. The first-order chi connectivity index (χ1) is 25.5. The van der Waals surface area contributed by atoms with Gasteiger partial charge in [0, 0.05) is 6.08 Å². The van der Waals surface area contributed by atoms with Crippen LogP contribution in [0, 0.1) is 0 Å². The van der Waals surface area contributed by atoms with E-state index in [1.807, 2.05) is 0 Å². The molecular weight excluding hydrogens is 724 g/mol. The summed E-state index contributed by atoms with van der Waals surface area (Å²) in [7, 11) is 0. The highest BCUT2D eigenvalue weighted by Gasteiger charge is 2.53. The molecule has 19 nitrogen and oxygen atoms in total. The maximum absolute atomic E-state index is 13.3. The summed E-state index contributed by atoms with van der Waals surface area (Å²) < 4.78 is 40.4. The monoisotopic (exact) mass is 770 g/mol. The first-order valence-electron chi connectivity index (χ1n) is 17.1. The average Bonchev–Trinajstić information content (AvgIpc) is 3.14. The number of phenols is 4. The second-order valence-electron chi connectivity index (χ2n) is 13.3. The molecule has 15 atom stereocenters. The third-order valence-electron chi connectivity index (χ3n) is 9.32. The molecule has 0 spiro atoms. The van der Waals surface area contributed by atoms with Gasteiger partial charge in [-0.25, -0.2) is 4.79 Å². The molecule has 3 heterocycles. The second kappa shape index (κ2) is 17.9. The van der Waals surface area contributed by atoms with E-state index in [4.69, 9.17) is 33.2 Å². The zero-order valence-corrected chi connectivity index (χ0v) is 29.1. The zero-order chi connectivity index (χ0) is 39.4. The molecule has 19 heteroatoms. The molecular formula is C35H46O19. The number of phenolic OH excluding ortho intramolecular Hbond substituents is 4. The minimum Gasteiger partial charge on any atom is -0.504 e. The molecule has 0 unspecified atom stereocenters. The van der Waals surface area contributed by atoms with Crippen LogP contribution in [0.1, 0.15) is 25.0 Å². The van der Waals surface area contributed by atoms with Crippen molar-refractivity contribution in [3.8, 4) is 23.0 Å². The summed E-state index contributed by atoms with van der Waals surface area (Å²) in [6.07, 6.45) is -21.1. The molecule has 300 valence electrons. The van der Waals surface area contributed by atoms with Crippen LogP contribution in [0.3, 0.4) is 0 Å². The van der Waals surface area contributed by atoms with Crippen molar-refractivity contribution in [1.82, 2.24) is 0 Å². The fraction of sp³-hybridized carbons (Fsp3) is 0.571. The number of aliphatic hydroxyl groups excluding tert-OH is 7. The van der Waals surface area contributed by atoms with E-state index in [1.165, 1.54) is 56.3 Å². The molecule has 0 aliphatic carbocycles. The van der Waals surface area contributed by atoms with Gasteiger partial charge in [0.25, 0.3) is 0 Å². The Morgan fingerprint density at radius 2 is 1.22 bits per heavy atom. The summed E-state index contributed by atoms with van der Waals surface area (Å²) in [6, 6.07) is 7.83. The number of aromatic hydroxyl groups is 4. The van der Waals surface area contributed by atoms with Crippen LogP contribution in [0.15, 0.2) is 42.5 Å². The predicted molar refractivity (Wildman–Crippen MR) is 178 cm³/mol. The lowest BCUT2D eigenvalue weighted by Crippen LogP contribution is -2.65. The van der Waals surface area contributed by atoms with E-state index in [-0.39, 0.29) is 30.1 Å². The molecule has 0 saturated carbocycles. The van der Waals surface area contributed by atoms with Gasteiger partial charge in [0.1, 0.15) is 54.9 Å².